The van der Waals surface area contributed by atoms with E-state index in [-0.39, 0.29) is 11.9 Å². The fraction of sp³-hybridized carbons (Fsp3) is 0.125. The number of halogens is 1. The molecule has 0 saturated carbocycles. The highest BCUT2D eigenvalue weighted by molar-refractivity contribution is 7.99. The third-order valence-corrected chi connectivity index (χ3v) is 4.35. The van der Waals surface area contributed by atoms with Crippen molar-refractivity contribution < 1.29 is 4.39 Å². The van der Waals surface area contributed by atoms with Gasteiger partial charge in [0.05, 0.1) is 10.4 Å². The monoisotopic (exact) mass is 299 g/mol. The summed E-state index contributed by atoms with van der Waals surface area (Å²) in [6.45, 7) is 1.84. The van der Waals surface area contributed by atoms with Gasteiger partial charge >= 0.3 is 0 Å². The van der Waals surface area contributed by atoms with Gasteiger partial charge in [0.2, 0.25) is 0 Å². The summed E-state index contributed by atoms with van der Waals surface area (Å²) in [6, 6.07) is 12.4. The van der Waals surface area contributed by atoms with Crippen LogP contribution in [0.3, 0.4) is 0 Å². The molecule has 0 spiro atoms. The molecule has 0 aliphatic rings. The number of hydrogen-bond acceptors (Lipinski definition) is 4. The second kappa shape index (κ2) is 5.79. The van der Waals surface area contributed by atoms with Crippen molar-refractivity contribution in [1.82, 2.24) is 9.97 Å². The maximum absolute atomic E-state index is 14.2. The molecule has 1 aromatic heterocycles. The Morgan fingerprint density at radius 2 is 1.90 bits per heavy atom. The van der Waals surface area contributed by atoms with Gasteiger partial charge in [-0.2, -0.15) is 0 Å². The Balaban J connectivity index is 2.11. The third-order valence-electron chi connectivity index (χ3n) is 3.19. The van der Waals surface area contributed by atoms with E-state index in [1.807, 2.05) is 37.3 Å². The fourth-order valence-electron chi connectivity index (χ4n) is 2.15. The van der Waals surface area contributed by atoms with Crippen molar-refractivity contribution in [3.8, 4) is 0 Å². The predicted octanol–water partition coefficient (Wildman–Crippen LogP) is 3.94. The van der Waals surface area contributed by atoms with E-state index < -0.39 is 0 Å². The van der Waals surface area contributed by atoms with E-state index in [2.05, 4.69) is 9.97 Å². The molecule has 1 unspecified atom stereocenters. The van der Waals surface area contributed by atoms with Gasteiger partial charge in [-0.25, -0.2) is 14.4 Å². The fourth-order valence-corrected chi connectivity index (χ4v) is 3.26. The number of para-hydroxylation sites is 1. The van der Waals surface area contributed by atoms with Crippen molar-refractivity contribution in [1.29, 1.82) is 0 Å². The first kappa shape index (κ1) is 14.0. The minimum absolute atomic E-state index is 0.240. The van der Waals surface area contributed by atoms with E-state index in [1.165, 1.54) is 24.2 Å². The standard InChI is InChI=1S/C16H14FN3S/c1-10(18)11-6-4-7-13(17)15(11)21-16-12-5-2-3-8-14(12)19-9-20-16/h2-10H,18H2,1H3. The molecule has 106 valence electrons. The number of nitrogens with zero attached hydrogens (tertiary/aromatic N) is 2. The van der Waals surface area contributed by atoms with Crippen molar-refractivity contribution in [2.45, 2.75) is 22.9 Å². The van der Waals surface area contributed by atoms with Crippen molar-refractivity contribution in [2.24, 2.45) is 5.73 Å². The molecule has 0 aliphatic carbocycles. The average Bonchev–Trinajstić information content (AvgIpc) is 2.49. The van der Waals surface area contributed by atoms with Crippen LogP contribution >= 0.6 is 11.8 Å². The van der Waals surface area contributed by atoms with E-state index in [1.54, 1.807) is 6.07 Å². The van der Waals surface area contributed by atoms with Crippen molar-refractivity contribution >= 4 is 22.7 Å². The quantitative estimate of drug-likeness (QED) is 0.744. The van der Waals surface area contributed by atoms with Gasteiger partial charge in [0.15, 0.2) is 0 Å². The lowest BCUT2D eigenvalue weighted by Gasteiger charge is -2.13. The molecule has 3 nitrogen and oxygen atoms in total. The second-order valence-corrected chi connectivity index (χ2v) is 5.74. The van der Waals surface area contributed by atoms with E-state index in [4.69, 9.17) is 5.73 Å². The largest absolute Gasteiger partial charge is 0.324 e. The predicted molar refractivity (Wildman–Crippen MR) is 82.7 cm³/mol. The molecule has 0 amide bonds. The molecule has 0 radical (unpaired) electrons. The molecule has 5 heteroatoms. The Morgan fingerprint density at radius 1 is 1.10 bits per heavy atom. The maximum atomic E-state index is 14.2. The minimum Gasteiger partial charge on any atom is -0.324 e. The normalized spacial score (nSPS) is 12.5. The van der Waals surface area contributed by atoms with Crippen molar-refractivity contribution in [2.75, 3.05) is 0 Å². The zero-order valence-electron chi connectivity index (χ0n) is 11.5. The van der Waals surface area contributed by atoms with E-state index in [9.17, 15) is 4.39 Å². The first-order valence-corrected chi connectivity index (χ1v) is 7.40. The molecule has 0 saturated heterocycles. The zero-order valence-corrected chi connectivity index (χ0v) is 12.3. The smallest absolute Gasteiger partial charge is 0.137 e. The summed E-state index contributed by atoms with van der Waals surface area (Å²) in [7, 11) is 0. The van der Waals surface area contributed by atoms with Crippen LogP contribution in [0.4, 0.5) is 4.39 Å². The number of nitrogens with two attached hydrogens (primary N) is 1. The number of aromatic nitrogens is 2. The summed E-state index contributed by atoms with van der Waals surface area (Å²) in [5.41, 5.74) is 7.56. The summed E-state index contributed by atoms with van der Waals surface area (Å²) in [5, 5.41) is 1.64. The molecule has 2 aromatic carbocycles. The first-order valence-electron chi connectivity index (χ1n) is 6.58. The Bertz CT molecular complexity index is 784. The number of fused-ring (bicyclic) bond motifs is 1. The highest BCUT2D eigenvalue weighted by Crippen LogP contribution is 2.36. The van der Waals surface area contributed by atoms with Gasteiger partial charge in [0.1, 0.15) is 17.2 Å². The summed E-state index contributed by atoms with van der Waals surface area (Å²) >= 11 is 1.29. The van der Waals surface area contributed by atoms with Crippen LogP contribution in [0.2, 0.25) is 0 Å². The molecule has 3 aromatic rings. The highest BCUT2D eigenvalue weighted by Gasteiger charge is 2.15. The molecule has 3 rings (SSSR count). The van der Waals surface area contributed by atoms with E-state index >= 15 is 0 Å². The van der Waals surface area contributed by atoms with Gasteiger partial charge in [0, 0.05) is 11.4 Å². The van der Waals surface area contributed by atoms with Crippen LogP contribution in [-0.2, 0) is 0 Å². The third kappa shape index (κ3) is 2.75. The zero-order chi connectivity index (χ0) is 14.8. The minimum atomic E-state index is -0.280. The molecule has 2 N–H and O–H groups in total. The van der Waals surface area contributed by atoms with Gasteiger partial charge < -0.3 is 5.73 Å². The lowest BCUT2D eigenvalue weighted by atomic mass is 10.1. The van der Waals surface area contributed by atoms with Gasteiger partial charge in [0.25, 0.3) is 0 Å². The van der Waals surface area contributed by atoms with Crippen LogP contribution in [-0.4, -0.2) is 9.97 Å². The average molecular weight is 299 g/mol. The molecular formula is C16H14FN3S. The maximum Gasteiger partial charge on any atom is 0.137 e. The first-order chi connectivity index (χ1) is 10.2. The summed E-state index contributed by atoms with van der Waals surface area (Å²) in [6.07, 6.45) is 1.50. The van der Waals surface area contributed by atoms with Crippen molar-refractivity contribution in [3.05, 3.63) is 60.2 Å². The second-order valence-electron chi connectivity index (χ2n) is 4.74. The van der Waals surface area contributed by atoms with Gasteiger partial charge in [-0.15, -0.1) is 0 Å². The molecule has 1 heterocycles. The molecule has 1 atom stereocenters. The lowest BCUT2D eigenvalue weighted by Crippen LogP contribution is -2.07. The van der Waals surface area contributed by atoms with Crippen LogP contribution in [0.1, 0.15) is 18.5 Å². The van der Waals surface area contributed by atoms with E-state index in [0.717, 1.165) is 21.5 Å². The topological polar surface area (TPSA) is 51.8 Å². The SMILES string of the molecule is CC(N)c1cccc(F)c1Sc1ncnc2ccccc12. The van der Waals surface area contributed by atoms with E-state index in [0.29, 0.717) is 4.90 Å². The van der Waals surface area contributed by atoms with Crippen LogP contribution in [0.5, 0.6) is 0 Å². The summed E-state index contributed by atoms with van der Waals surface area (Å²) < 4.78 is 14.2. The van der Waals surface area contributed by atoms with Crippen LogP contribution < -0.4 is 5.73 Å². The number of hydrogen-bond donors (Lipinski definition) is 1. The Morgan fingerprint density at radius 3 is 2.71 bits per heavy atom. The van der Waals surface area contributed by atoms with Gasteiger partial charge in [-0.1, -0.05) is 42.1 Å². The van der Waals surface area contributed by atoms with Crippen molar-refractivity contribution in [3.63, 3.8) is 0 Å². The highest BCUT2D eigenvalue weighted by atomic mass is 32.2. The van der Waals surface area contributed by atoms with Gasteiger partial charge in [-0.05, 0) is 24.6 Å². The molecule has 0 bridgehead atoms. The molecule has 21 heavy (non-hydrogen) atoms. The van der Waals surface area contributed by atoms with Crippen LogP contribution in [0.15, 0.2) is 58.7 Å². The molecular weight excluding hydrogens is 285 g/mol. The molecule has 0 fully saturated rings. The molecule has 0 aliphatic heterocycles. The van der Waals surface area contributed by atoms with Crippen LogP contribution in [0.25, 0.3) is 10.9 Å². The summed E-state index contributed by atoms with van der Waals surface area (Å²) in [5.74, 6) is -0.280. The Hall–Kier alpha value is -1.98. The Labute approximate surface area is 126 Å². The summed E-state index contributed by atoms with van der Waals surface area (Å²) in [4.78, 5) is 9.03. The lowest BCUT2D eigenvalue weighted by molar-refractivity contribution is 0.591. The van der Waals surface area contributed by atoms with Gasteiger partial charge in [-0.3, -0.25) is 0 Å². The number of rotatable bonds is 3. The number of benzene rings is 2. The Kier molecular flexibility index (Phi) is 3.86. The van der Waals surface area contributed by atoms with Crippen LogP contribution in [0, 0.1) is 5.82 Å².